The number of nitrogens with zero attached hydrogens (tertiary/aromatic N) is 2. The Morgan fingerprint density at radius 3 is 2.62 bits per heavy atom. The molecule has 2 aromatic rings. The zero-order valence-electron chi connectivity index (χ0n) is 19.0. The van der Waals surface area contributed by atoms with Gasteiger partial charge in [0.1, 0.15) is 16.7 Å². The van der Waals surface area contributed by atoms with Crippen LogP contribution in [0.4, 0.5) is 0 Å². The van der Waals surface area contributed by atoms with Crippen LogP contribution in [0.5, 0.6) is 5.75 Å². The fourth-order valence-electron chi connectivity index (χ4n) is 4.56. The first-order valence-corrected chi connectivity index (χ1v) is 11.9. The lowest BCUT2D eigenvalue weighted by Gasteiger charge is -2.52. The second-order valence-electron chi connectivity index (χ2n) is 8.65. The number of rotatable bonds is 7. The fraction of sp³-hybridized carbons (Fsp3) is 0.375. The number of aromatic hydroxyl groups is 1. The molecule has 0 aliphatic carbocycles. The van der Waals surface area contributed by atoms with Crippen LogP contribution in [0.1, 0.15) is 28.4 Å². The molecule has 0 radical (unpaired) electrons. The van der Waals surface area contributed by atoms with Crippen LogP contribution in [0.3, 0.4) is 0 Å². The highest BCUT2D eigenvalue weighted by Crippen LogP contribution is 2.50. The topological polar surface area (TPSA) is 136 Å². The molecule has 0 bridgehead atoms. The molecule has 2 aromatic carbocycles. The number of phenolic OH excluding ortho intramolecular Hbond substituents is 1. The third-order valence-corrected chi connectivity index (χ3v) is 8.05. The SMILES string of the molecule is Cc1c(O)cccc1C(=O)N[C@@H](Cc1ccccc1)[C@H](O)C(=O)N1CSC2(C)[C@H]1C(=O)N2CN. The average Bonchev–Trinajstić information content (AvgIpc) is 3.13. The number of hydrogen-bond acceptors (Lipinski definition) is 7. The minimum atomic E-state index is -1.58. The quantitative estimate of drug-likeness (QED) is 0.426. The lowest BCUT2D eigenvalue weighted by Crippen LogP contribution is -2.74. The smallest absolute Gasteiger partial charge is 0.255 e. The Kier molecular flexibility index (Phi) is 6.57. The molecule has 0 aromatic heterocycles. The fourth-order valence-corrected chi connectivity index (χ4v) is 5.94. The van der Waals surface area contributed by atoms with E-state index in [1.165, 1.54) is 27.6 Å². The van der Waals surface area contributed by atoms with Gasteiger partial charge in [-0.1, -0.05) is 36.4 Å². The molecular weight excluding hydrogens is 456 g/mol. The van der Waals surface area contributed by atoms with Crippen LogP contribution in [0.15, 0.2) is 48.5 Å². The summed E-state index contributed by atoms with van der Waals surface area (Å²) in [6, 6.07) is 12.1. The highest BCUT2D eigenvalue weighted by Gasteiger charge is 2.65. The Morgan fingerprint density at radius 2 is 1.94 bits per heavy atom. The summed E-state index contributed by atoms with van der Waals surface area (Å²) >= 11 is 1.42. The normalized spacial score (nSPS) is 23.2. The number of phenols is 1. The number of fused-ring (bicyclic) bond motifs is 1. The monoisotopic (exact) mass is 484 g/mol. The van der Waals surface area contributed by atoms with Crippen LogP contribution in [0.2, 0.25) is 0 Å². The summed E-state index contributed by atoms with van der Waals surface area (Å²) < 4.78 is 0. The molecule has 4 atom stereocenters. The zero-order valence-corrected chi connectivity index (χ0v) is 19.8. The van der Waals surface area contributed by atoms with Gasteiger partial charge in [-0.3, -0.25) is 14.4 Å². The Morgan fingerprint density at radius 1 is 1.24 bits per heavy atom. The highest BCUT2D eigenvalue weighted by atomic mass is 32.2. The van der Waals surface area contributed by atoms with Gasteiger partial charge in [0, 0.05) is 11.1 Å². The first kappa shape index (κ1) is 24.1. The van der Waals surface area contributed by atoms with E-state index in [9.17, 15) is 24.6 Å². The summed E-state index contributed by atoms with van der Waals surface area (Å²) in [6.07, 6.45) is -1.38. The van der Waals surface area contributed by atoms with E-state index in [0.29, 0.717) is 5.56 Å². The van der Waals surface area contributed by atoms with Gasteiger partial charge in [-0.2, -0.15) is 0 Å². The number of likely N-dealkylation sites (tertiary alicyclic amines) is 1. The van der Waals surface area contributed by atoms with Gasteiger partial charge in [0.2, 0.25) is 0 Å². The van der Waals surface area contributed by atoms with E-state index in [2.05, 4.69) is 5.32 Å². The summed E-state index contributed by atoms with van der Waals surface area (Å²) in [4.78, 5) is 41.2. The van der Waals surface area contributed by atoms with Gasteiger partial charge in [-0.15, -0.1) is 11.8 Å². The van der Waals surface area contributed by atoms with Gasteiger partial charge < -0.3 is 31.1 Å². The molecule has 10 heteroatoms. The summed E-state index contributed by atoms with van der Waals surface area (Å²) in [7, 11) is 0. The molecule has 4 rings (SSSR count). The van der Waals surface area contributed by atoms with Gasteiger partial charge in [0.05, 0.1) is 18.6 Å². The van der Waals surface area contributed by atoms with Crippen molar-refractivity contribution in [2.75, 3.05) is 12.5 Å². The second-order valence-corrected chi connectivity index (χ2v) is 10.0. The molecule has 0 saturated carbocycles. The van der Waals surface area contributed by atoms with Crippen molar-refractivity contribution in [2.45, 2.75) is 43.3 Å². The maximum Gasteiger partial charge on any atom is 0.255 e. The number of hydrogen-bond donors (Lipinski definition) is 4. The standard InChI is InChI=1S/C24H28N4O5S/c1-14-16(9-6-10-18(14)29)21(31)26-17(11-15-7-4-3-5-8-15)19(30)22(32)27-13-34-24(2)20(27)23(33)28(24)12-25/h3-10,17,19-20,29-30H,11-13,25H2,1-2H3,(H,26,31)/t17-,19-,20+,24?/m0/s1. The molecule has 180 valence electrons. The van der Waals surface area contributed by atoms with Crippen molar-refractivity contribution in [3.8, 4) is 5.75 Å². The van der Waals surface area contributed by atoms with Crippen molar-refractivity contribution in [1.29, 1.82) is 0 Å². The van der Waals surface area contributed by atoms with E-state index in [4.69, 9.17) is 5.73 Å². The molecule has 2 heterocycles. The number of carbonyl (C=O) groups is 3. The zero-order chi connectivity index (χ0) is 24.6. The van der Waals surface area contributed by atoms with E-state index in [1.807, 2.05) is 37.3 Å². The number of β-lactam (4-membered cyclic amide) rings is 1. The van der Waals surface area contributed by atoms with Gasteiger partial charge in [-0.25, -0.2) is 0 Å². The second kappa shape index (κ2) is 9.28. The number of nitrogens with one attached hydrogen (secondary N) is 1. The van der Waals surface area contributed by atoms with Gasteiger partial charge >= 0.3 is 0 Å². The van der Waals surface area contributed by atoms with E-state index in [0.717, 1.165) is 5.56 Å². The molecule has 34 heavy (non-hydrogen) atoms. The lowest BCUT2D eigenvalue weighted by molar-refractivity contribution is -0.167. The van der Waals surface area contributed by atoms with Crippen LogP contribution in [-0.2, 0) is 16.0 Å². The molecule has 1 unspecified atom stereocenters. The molecule has 2 aliphatic heterocycles. The summed E-state index contributed by atoms with van der Waals surface area (Å²) in [5.74, 6) is -1.19. The van der Waals surface area contributed by atoms with Crippen molar-refractivity contribution < 1.29 is 24.6 Å². The largest absolute Gasteiger partial charge is 0.508 e. The van der Waals surface area contributed by atoms with Crippen molar-refractivity contribution in [1.82, 2.24) is 15.1 Å². The maximum atomic E-state index is 13.4. The molecule has 9 nitrogen and oxygen atoms in total. The molecule has 2 aliphatic rings. The third-order valence-electron chi connectivity index (χ3n) is 6.62. The van der Waals surface area contributed by atoms with Crippen molar-refractivity contribution in [3.05, 3.63) is 65.2 Å². The predicted molar refractivity (Wildman–Crippen MR) is 128 cm³/mol. The van der Waals surface area contributed by atoms with Crippen molar-refractivity contribution in [2.24, 2.45) is 5.73 Å². The van der Waals surface area contributed by atoms with Crippen LogP contribution < -0.4 is 11.1 Å². The Hall–Kier alpha value is -3.08. The molecule has 2 saturated heterocycles. The molecule has 5 N–H and O–H groups in total. The van der Waals surface area contributed by atoms with E-state index in [-0.39, 0.29) is 36.2 Å². The van der Waals surface area contributed by atoms with Crippen molar-refractivity contribution >= 4 is 29.5 Å². The Labute approximate surface area is 201 Å². The van der Waals surface area contributed by atoms with Crippen LogP contribution in [-0.4, -0.2) is 73.3 Å². The summed E-state index contributed by atoms with van der Waals surface area (Å²) in [5.41, 5.74) is 7.15. The van der Waals surface area contributed by atoms with E-state index in [1.54, 1.807) is 19.1 Å². The van der Waals surface area contributed by atoms with E-state index >= 15 is 0 Å². The van der Waals surface area contributed by atoms with Crippen LogP contribution >= 0.6 is 11.8 Å². The predicted octanol–water partition coefficient (Wildman–Crippen LogP) is 0.779. The Bertz CT molecular complexity index is 1110. The number of aliphatic hydroxyl groups is 1. The average molecular weight is 485 g/mol. The number of aliphatic hydroxyl groups excluding tert-OH is 1. The molecule has 2 fully saturated rings. The number of benzene rings is 2. The van der Waals surface area contributed by atoms with Crippen LogP contribution in [0.25, 0.3) is 0 Å². The van der Waals surface area contributed by atoms with Crippen LogP contribution in [0, 0.1) is 6.92 Å². The van der Waals surface area contributed by atoms with E-state index < -0.39 is 34.9 Å². The first-order valence-electron chi connectivity index (χ1n) is 11.0. The first-order chi connectivity index (χ1) is 16.2. The van der Waals surface area contributed by atoms with Gasteiger partial charge in [0.25, 0.3) is 17.7 Å². The number of nitrogens with two attached hydrogens (primary N) is 1. The molecule has 3 amide bonds. The van der Waals surface area contributed by atoms with Gasteiger partial charge in [0.15, 0.2) is 6.10 Å². The summed E-state index contributed by atoms with van der Waals surface area (Å²) in [6.45, 7) is 3.52. The summed E-state index contributed by atoms with van der Waals surface area (Å²) in [5, 5.41) is 23.9. The number of carbonyl (C=O) groups excluding carboxylic acids is 3. The minimum Gasteiger partial charge on any atom is -0.508 e. The number of amides is 3. The molecule has 0 spiro atoms. The Balaban J connectivity index is 1.57. The maximum absolute atomic E-state index is 13.4. The molecular formula is C24H28N4O5S. The minimum absolute atomic E-state index is 0.0229. The lowest BCUT2D eigenvalue weighted by atomic mass is 9.93. The highest BCUT2D eigenvalue weighted by molar-refractivity contribution is 8.01. The number of thioether (sulfide) groups is 1. The third kappa shape index (κ3) is 4.02. The van der Waals surface area contributed by atoms with Crippen molar-refractivity contribution in [3.63, 3.8) is 0 Å². The van der Waals surface area contributed by atoms with Gasteiger partial charge in [-0.05, 0) is 38.0 Å².